The number of nitrogens with one attached hydrogen (secondary N) is 3. The first kappa shape index (κ1) is 27.3. The van der Waals surface area contributed by atoms with E-state index in [-0.39, 0.29) is 24.8 Å². The van der Waals surface area contributed by atoms with Crippen molar-refractivity contribution in [1.29, 1.82) is 5.26 Å². The van der Waals surface area contributed by atoms with Crippen LogP contribution in [-0.4, -0.2) is 56.2 Å². The Balaban J connectivity index is 1.74. The Bertz CT molecular complexity index is 1280. The molecule has 0 aliphatic carbocycles. The van der Waals surface area contributed by atoms with E-state index >= 15 is 0 Å². The molecule has 10 heteroatoms. The summed E-state index contributed by atoms with van der Waals surface area (Å²) in [6.45, 7) is 0.884. The molecule has 1 aromatic heterocycles. The Hall–Kier alpha value is -4.33. The van der Waals surface area contributed by atoms with Crippen LogP contribution in [0.4, 0.5) is 10.2 Å². The molecule has 0 saturated heterocycles. The molecule has 37 heavy (non-hydrogen) atoms. The molecule has 9 nitrogen and oxygen atoms in total. The average Bonchev–Trinajstić information content (AvgIpc) is 2.91. The molecule has 1 heterocycles. The van der Waals surface area contributed by atoms with Gasteiger partial charge in [0.2, 0.25) is 0 Å². The highest BCUT2D eigenvalue weighted by atomic mass is 19.1. The maximum Gasteiger partial charge on any atom is 0.319 e. The standard InChI is InChI=1S/C27H29FN6O3/c1-37-25(35)17-31-15-21(30)16-33-27(36)23-9-10-24(22-8-3-2-6-19(22)14-29)34-26(23)32-12-11-18-5-4-7-20(28)13-18/h2-10,13,21,31H,11-12,15-17,30H2,1H3,(H,32,34)(H,33,36)/t21-/m0/s1. The van der Waals surface area contributed by atoms with Gasteiger partial charge in [0.15, 0.2) is 0 Å². The minimum Gasteiger partial charge on any atom is -0.468 e. The third-order valence-corrected chi connectivity index (χ3v) is 5.49. The zero-order valence-electron chi connectivity index (χ0n) is 20.5. The Morgan fingerprint density at radius 2 is 1.95 bits per heavy atom. The molecule has 5 N–H and O–H groups in total. The number of esters is 1. The van der Waals surface area contributed by atoms with Gasteiger partial charge in [-0.15, -0.1) is 0 Å². The van der Waals surface area contributed by atoms with Gasteiger partial charge in [0.05, 0.1) is 36.5 Å². The van der Waals surface area contributed by atoms with E-state index < -0.39 is 12.0 Å². The fraction of sp³-hybridized carbons (Fsp3) is 0.259. The number of benzene rings is 2. The second-order valence-electron chi connectivity index (χ2n) is 8.23. The first-order chi connectivity index (χ1) is 17.9. The SMILES string of the molecule is COC(=O)CNC[C@H](N)CNC(=O)c1ccc(-c2ccccc2C#N)nc1NCCc1cccc(F)c1. The number of aromatic nitrogens is 1. The summed E-state index contributed by atoms with van der Waals surface area (Å²) in [6.07, 6.45) is 0.510. The summed E-state index contributed by atoms with van der Waals surface area (Å²) in [5.41, 5.74) is 8.77. The molecule has 0 aliphatic rings. The average molecular weight is 505 g/mol. The van der Waals surface area contributed by atoms with Gasteiger partial charge in [-0.05, 0) is 42.3 Å². The topological polar surface area (TPSA) is 142 Å². The lowest BCUT2D eigenvalue weighted by Crippen LogP contribution is -2.44. The second kappa shape index (κ2) is 13.7. The van der Waals surface area contributed by atoms with Gasteiger partial charge < -0.3 is 26.4 Å². The van der Waals surface area contributed by atoms with Crippen LogP contribution in [0.1, 0.15) is 21.5 Å². The number of nitrogens with zero attached hydrogens (tertiary/aromatic N) is 2. The van der Waals surface area contributed by atoms with Gasteiger partial charge in [-0.2, -0.15) is 5.26 Å². The van der Waals surface area contributed by atoms with Crippen LogP contribution in [0.2, 0.25) is 0 Å². The van der Waals surface area contributed by atoms with Crippen LogP contribution < -0.4 is 21.7 Å². The highest BCUT2D eigenvalue weighted by Crippen LogP contribution is 2.25. The number of amides is 1. The summed E-state index contributed by atoms with van der Waals surface area (Å²) in [6, 6.07) is 18.4. The first-order valence-corrected chi connectivity index (χ1v) is 11.7. The van der Waals surface area contributed by atoms with Crippen LogP contribution >= 0.6 is 0 Å². The normalized spacial score (nSPS) is 11.3. The number of methoxy groups -OCH3 is 1. The quantitative estimate of drug-likeness (QED) is 0.275. The van der Waals surface area contributed by atoms with Crippen molar-refractivity contribution in [3.8, 4) is 17.3 Å². The van der Waals surface area contributed by atoms with Crippen LogP contribution in [0, 0.1) is 17.1 Å². The Morgan fingerprint density at radius 1 is 1.14 bits per heavy atom. The first-order valence-electron chi connectivity index (χ1n) is 11.7. The predicted octanol–water partition coefficient (Wildman–Crippen LogP) is 2.23. The third-order valence-electron chi connectivity index (χ3n) is 5.49. The van der Waals surface area contributed by atoms with Crippen molar-refractivity contribution in [2.75, 3.05) is 38.6 Å². The summed E-state index contributed by atoms with van der Waals surface area (Å²) in [5, 5.41) is 18.3. The van der Waals surface area contributed by atoms with Gasteiger partial charge in [-0.25, -0.2) is 9.37 Å². The minimum absolute atomic E-state index is 0.0209. The molecule has 0 radical (unpaired) electrons. The minimum atomic E-state index is -0.437. The van der Waals surface area contributed by atoms with Gasteiger partial charge in [0, 0.05) is 31.2 Å². The second-order valence-corrected chi connectivity index (χ2v) is 8.23. The van der Waals surface area contributed by atoms with E-state index in [1.807, 2.05) is 12.1 Å². The maximum absolute atomic E-state index is 13.5. The van der Waals surface area contributed by atoms with Crippen LogP contribution in [0.5, 0.6) is 0 Å². The highest BCUT2D eigenvalue weighted by molar-refractivity contribution is 5.99. The molecular formula is C27H29FN6O3. The van der Waals surface area contributed by atoms with Gasteiger partial charge in [0.25, 0.3) is 5.91 Å². The number of hydrogen-bond donors (Lipinski definition) is 4. The van der Waals surface area contributed by atoms with Crippen LogP contribution in [0.15, 0.2) is 60.7 Å². The van der Waals surface area contributed by atoms with Crippen molar-refractivity contribution in [3.05, 3.63) is 83.2 Å². The van der Waals surface area contributed by atoms with Crippen LogP contribution in [0.25, 0.3) is 11.3 Å². The number of carbonyl (C=O) groups excluding carboxylic acids is 2. The fourth-order valence-electron chi connectivity index (χ4n) is 3.57. The Kier molecular flexibility index (Phi) is 10.1. The summed E-state index contributed by atoms with van der Waals surface area (Å²) in [5.74, 6) is -0.779. The molecule has 1 amide bonds. The molecule has 0 unspecified atom stereocenters. The number of rotatable bonds is 12. The predicted molar refractivity (Wildman–Crippen MR) is 138 cm³/mol. The van der Waals surface area contributed by atoms with Crippen LogP contribution in [0.3, 0.4) is 0 Å². The lowest BCUT2D eigenvalue weighted by Gasteiger charge is -2.16. The smallest absolute Gasteiger partial charge is 0.319 e. The lowest BCUT2D eigenvalue weighted by atomic mass is 10.0. The van der Waals surface area contributed by atoms with Crippen molar-refractivity contribution in [3.63, 3.8) is 0 Å². The highest BCUT2D eigenvalue weighted by Gasteiger charge is 2.17. The summed E-state index contributed by atoms with van der Waals surface area (Å²) in [7, 11) is 1.30. The van der Waals surface area contributed by atoms with E-state index in [9.17, 15) is 19.2 Å². The molecule has 0 spiro atoms. The molecular weight excluding hydrogens is 475 g/mol. The van der Waals surface area contributed by atoms with Gasteiger partial charge in [-0.1, -0.05) is 30.3 Å². The molecule has 3 aromatic rings. The molecule has 3 rings (SSSR count). The molecule has 192 valence electrons. The number of nitriles is 1. The van der Waals surface area contributed by atoms with E-state index in [1.54, 1.807) is 36.4 Å². The molecule has 0 bridgehead atoms. The van der Waals surface area contributed by atoms with E-state index in [1.165, 1.54) is 19.2 Å². The number of carbonyl (C=O) groups is 2. The van der Waals surface area contributed by atoms with E-state index in [2.05, 4.69) is 31.7 Å². The van der Waals surface area contributed by atoms with E-state index in [4.69, 9.17) is 5.73 Å². The number of hydrogen-bond acceptors (Lipinski definition) is 8. The van der Waals surface area contributed by atoms with Crippen molar-refractivity contribution in [2.45, 2.75) is 12.5 Å². The number of halogens is 1. The Labute approximate surface area is 214 Å². The van der Waals surface area contributed by atoms with Gasteiger partial charge in [-0.3, -0.25) is 9.59 Å². The van der Waals surface area contributed by atoms with Crippen molar-refractivity contribution in [1.82, 2.24) is 15.6 Å². The van der Waals surface area contributed by atoms with E-state index in [0.29, 0.717) is 47.7 Å². The molecule has 1 atom stereocenters. The number of nitrogens with two attached hydrogens (primary N) is 1. The van der Waals surface area contributed by atoms with Crippen LogP contribution in [-0.2, 0) is 16.0 Å². The summed E-state index contributed by atoms with van der Waals surface area (Å²) >= 11 is 0. The lowest BCUT2D eigenvalue weighted by molar-refractivity contribution is -0.139. The molecule has 0 fully saturated rings. The fourth-order valence-corrected chi connectivity index (χ4v) is 3.57. The molecule has 2 aromatic carbocycles. The molecule has 0 saturated carbocycles. The van der Waals surface area contributed by atoms with Crippen molar-refractivity contribution < 1.29 is 18.7 Å². The number of pyridine rings is 1. The maximum atomic E-state index is 13.5. The summed E-state index contributed by atoms with van der Waals surface area (Å²) in [4.78, 5) is 28.8. The number of ether oxygens (including phenoxy) is 1. The third kappa shape index (κ3) is 8.10. The molecule has 0 aliphatic heterocycles. The van der Waals surface area contributed by atoms with Crippen molar-refractivity contribution in [2.24, 2.45) is 5.73 Å². The monoisotopic (exact) mass is 504 g/mol. The summed E-state index contributed by atoms with van der Waals surface area (Å²) < 4.78 is 18.1. The number of anilines is 1. The van der Waals surface area contributed by atoms with Gasteiger partial charge in [0.1, 0.15) is 11.6 Å². The van der Waals surface area contributed by atoms with E-state index in [0.717, 1.165) is 5.56 Å². The zero-order valence-corrected chi connectivity index (χ0v) is 20.5. The Morgan fingerprint density at radius 3 is 2.70 bits per heavy atom. The largest absolute Gasteiger partial charge is 0.468 e. The van der Waals surface area contributed by atoms with Gasteiger partial charge >= 0.3 is 5.97 Å². The zero-order chi connectivity index (χ0) is 26.6. The van der Waals surface area contributed by atoms with Crippen molar-refractivity contribution >= 4 is 17.7 Å².